The van der Waals surface area contributed by atoms with Gasteiger partial charge in [0, 0.05) is 30.1 Å². The van der Waals surface area contributed by atoms with Gasteiger partial charge in [-0.05, 0) is 72.4 Å². The first-order chi connectivity index (χ1) is 9.67. The van der Waals surface area contributed by atoms with E-state index in [0.717, 1.165) is 25.6 Å². The van der Waals surface area contributed by atoms with Crippen LogP contribution in [0.3, 0.4) is 0 Å². The average molecular weight is 338 g/mol. The van der Waals surface area contributed by atoms with E-state index in [1.54, 1.807) is 0 Å². The number of aryl methyl sites for hydroxylation is 1. The van der Waals surface area contributed by atoms with Crippen LogP contribution in [0.4, 0.5) is 5.69 Å². The highest BCUT2D eigenvalue weighted by atomic mass is 79.9. The second kappa shape index (κ2) is 6.04. The normalized spacial score (nSPS) is 27.4. The second-order valence-electron chi connectivity index (χ2n) is 6.23. The minimum Gasteiger partial charge on any atom is -0.369 e. The van der Waals surface area contributed by atoms with Crippen LogP contribution in [0.5, 0.6) is 0 Å². The molecule has 0 radical (unpaired) electrons. The van der Waals surface area contributed by atoms with Gasteiger partial charge in [-0.3, -0.25) is 4.90 Å². The zero-order chi connectivity index (χ0) is 14.1. The molecule has 110 valence electrons. The molecule has 2 aliphatic heterocycles. The molecule has 1 aromatic rings. The standard InChI is InChI=1S/C16H24BrN3/c1-12-2-3-16(15(17)8-12)20-7-5-14(11-20)19-6-4-13(9-18)10-19/h2-3,8,13-14H,4-7,9-11,18H2,1H3. The van der Waals surface area contributed by atoms with E-state index in [1.807, 2.05) is 0 Å². The molecule has 0 amide bonds. The summed E-state index contributed by atoms with van der Waals surface area (Å²) in [6.07, 6.45) is 2.55. The maximum absolute atomic E-state index is 5.80. The zero-order valence-electron chi connectivity index (χ0n) is 12.2. The van der Waals surface area contributed by atoms with Crippen LogP contribution in [-0.4, -0.2) is 43.7 Å². The Balaban J connectivity index is 1.65. The molecule has 0 aromatic heterocycles. The number of hydrogen-bond acceptors (Lipinski definition) is 3. The average Bonchev–Trinajstić information content (AvgIpc) is 3.07. The van der Waals surface area contributed by atoms with Crippen LogP contribution in [0.1, 0.15) is 18.4 Å². The molecule has 20 heavy (non-hydrogen) atoms. The van der Waals surface area contributed by atoms with Crippen molar-refractivity contribution < 1.29 is 0 Å². The third-order valence-electron chi connectivity index (χ3n) is 4.77. The Hall–Kier alpha value is -0.580. The molecule has 0 bridgehead atoms. The zero-order valence-corrected chi connectivity index (χ0v) is 13.8. The van der Waals surface area contributed by atoms with Crippen molar-refractivity contribution in [2.45, 2.75) is 25.8 Å². The van der Waals surface area contributed by atoms with Gasteiger partial charge < -0.3 is 10.6 Å². The first-order valence-electron chi connectivity index (χ1n) is 7.62. The lowest BCUT2D eigenvalue weighted by Crippen LogP contribution is -2.36. The fourth-order valence-corrected chi connectivity index (χ4v) is 4.26. The monoisotopic (exact) mass is 337 g/mol. The summed E-state index contributed by atoms with van der Waals surface area (Å²) in [6, 6.07) is 7.37. The van der Waals surface area contributed by atoms with Crippen LogP contribution in [0.2, 0.25) is 0 Å². The Labute approximate surface area is 130 Å². The molecule has 2 unspecified atom stereocenters. The SMILES string of the molecule is Cc1ccc(N2CCC(N3CCC(CN)C3)C2)c(Br)c1. The minimum absolute atomic E-state index is 0.708. The van der Waals surface area contributed by atoms with Crippen molar-refractivity contribution in [3.05, 3.63) is 28.2 Å². The van der Waals surface area contributed by atoms with E-state index in [1.165, 1.54) is 41.7 Å². The van der Waals surface area contributed by atoms with Crippen LogP contribution in [0, 0.1) is 12.8 Å². The fraction of sp³-hybridized carbons (Fsp3) is 0.625. The van der Waals surface area contributed by atoms with Gasteiger partial charge in [0.2, 0.25) is 0 Å². The molecule has 3 nitrogen and oxygen atoms in total. The molecule has 2 saturated heterocycles. The molecule has 1 aromatic carbocycles. The van der Waals surface area contributed by atoms with Gasteiger partial charge >= 0.3 is 0 Å². The maximum Gasteiger partial charge on any atom is 0.0511 e. The number of likely N-dealkylation sites (tertiary alicyclic amines) is 1. The summed E-state index contributed by atoms with van der Waals surface area (Å²) in [5.41, 5.74) is 8.45. The summed E-state index contributed by atoms with van der Waals surface area (Å²) in [5, 5.41) is 0. The van der Waals surface area contributed by atoms with Crippen molar-refractivity contribution in [2.75, 3.05) is 37.6 Å². The Morgan fingerprint density at radius 2 is 2.10 bits per heavy atom. The number of benzene rings is 1. The van der Waals surface area contributed by atoms with E-state index in [-0.39, 0.29) is 0 Å². The smallest absolute Gasteiger partial charge is 0.0511 e. The van der Waals surface area contributed by atoms with Gasteiger partial charge in [-0.15, -0.1) is 0 Å². The number of anilines is 1. The van der Waals surface area contributed by atoms with Crippen molar-refractivity contribution in [2.24, 2.45) is 11.7 Å². The number of halogens is 1. The van der Waals surface area contributed by atoms with Gasteiger partial charge in [0.05, 0.1) is 5.69 Å². The summed E-state index contributed by atoms with van der Waals surface area (Å²) in [4.78, 5) is 5.17. The Bertz CT molecular complexity index is 477. The van der Waals surface area contributed by atoms with E-state index in [2.05, 4.69) is 50.9 Å². The molecule has 2 aliphatic rings. The number of nitrogens with two attached hydrogens (primary N) is 1. The summed E-state index contributed by atoms with van der Waals surface area (Å²) < 4.78 is 1.22. The maximum atomic E-state index is 5.80. The van der Waals surface area contributed by atoms with E-state index >= 15 is 0 Å². The molecule has 0 aliphatic carbocycles. The molecule has 2 N–H and O–H groups in total. The van der Waals surface area contributed by atoms with Crippen LogP contribution in [0.15, 0.2) is 22.7 Å². The molecule has 4 heteroatoms. The summed E-state index contributed by atoms with van der Waals surface area (Å²) in [5.74, 6) is 0.718. The molecule has 3 rings (SSSR count). The number of nitrogens with zero attached hydrogens (tertiary/aromatic N) is 2. The fourth-order valence-electron chi connectivity index (χ4n) is 3.51. The number of rotatable bonds is 3. The lowest BCUT2D eigenvalue weighted by molar-refractivity contribution is 0.251. The van der Waals surface area contributed by atoms with Crippen molar-refractivity contribution in [1.29, 1.82) is 0 Å². The molecule has 2 atom stereocenters. The largest absolute Gasteiger partial charge is 0.369 e. The molecular formula is C16H24BrN3. The second-order valence-corrected chi connectivity index (χ2v) is 7.08. The van der Waals surface area contributed by atoms with E-state index in [4.69, 9.17) is 5.73 Å². The van der Waals surface area contributed by atoms with E-state index < -0.39 is 0 Å². The predicted molar refractivity (Wildman–Crippen MR) is 88.2 cm³/mol. The highest BCUT2D eigenvalue weighted by Crippen LogP contribution is 2.32. The topological polar surface area (TPSA) is 32.5 Å². The van der Waals surface area contributed by atoms with Crippen LogP contribution >= 0.6 is 15.9 Å². The Kier molecular flexibility index (Phi) is 4.34. The molecule has 2 heterocycles. The van der Waals surface area contributed by atoms with Gasteiger partial charge in [0.1, 0.15) is 0 Å². The Morgan fingerprint density at radius 1 is 1.25 bits per heavy atom. The summed E-state index contributed by atoms with van der Waals surface area (Å²) >= 11 is 3.71. The van der Waals surface area contributed by atoms with E-state index in [9.17, 15) is 0 Å². The first-order valence-corrected chi connectivity index (χ1v) is 8.42. The van der Waals surface area contributed by atoms with Crippen LogP contribution < -0.4 is 10.6 Å². The third kappa shape index (κ3) is 2.87. The van der Waals surface area contributed by atoms with Crippen molar-refractivity contribution in [1.82, 2.24) is 4.90 Å². The summed E-state index contributed by atoms with van der Waals surface area (Å²) in [7, 11) is 0. The third-order valence-corrected chi connectivity index (χ3v) is 5.41. The molecular weight excluding hydrogens is 314 g/mol. The predicted octanol–water partition coefficient (Wildman–Crippen LogP) is 2.62. The van der Waals surface area contributed by atoms with Gasteiger partial charge in [0.25, 0.3) is 0 Å². The lowest BCUT2D eigenvalue weighted by Gasteiger charge is -2.25. The van der Waals surface area contributed by atoms with Gasteiger partial charge in [-0.25, -0.2) is 0 Å². The highest BCUT2D eigenvalue weighted by Gasteiger charge is 2.32. The highest BCUT2D eigenvalue weighted by molar-refractivity contribution is 9.10. The quantitative estimate of drug-likeness (QED) is 0.920. The number of hydrogen-bond donors (Lipinski definition) is 1. The van der Waals surface area contributed by atoms with Crippen molar-refractivity contribution >= 4 is 21.6 Å². The van der Waals surface area contributed by atoms with Gasteiger partial charge in [0.15, 0.2) is 0 Å². The first kappa shape index (κ1) is 14.4. The molecule has 2 fully saturated rings. The van der Waals surface area contributed by atoms with Crippen molar-refractivity contribution in [3.8, 4) is 0 Å². The van der Waals surface area contributed by atoms with E-state index in [0.29, 0.717) is 6.04 Å². The van der Waals surface area contributed by atoms with Gasteiger partial charge in [-0.1, -0.05) is 6.07 Å². The molecule has 0 saturated carbocycles. The van der Waals surface area contributed by atoms with Crippen molar-refractivity contribution in [3.63, 3.8) is 0 Å². The lowest BCUT2D eigenvalue weighted by atomic mass is 10.1. The molecule has 0 spiro atoms. The Morgan fingerprint density at radius 3 is 2.80 bits per heavy atom. The van der Waals surface area contributed by atoms with Gasteiger partial charge in [-0.2, -0.15) is 0 Å². The summed E-state index contributed by atoms with van der Waals surface area (Å²) in [6.45, 7) is 7.73. The minimum atomic E-state index is 0.708. The van der Waals surface area contributed by atoms with Crippen LogP contribution in [-0.2, 0) is 0 Å². The van der Waals surface area contributed by atoms with Crippen LogP contribution in [0.25, 0.3) is 0 Å².